The van der Waals surface area contributed by atoms with Crippen molar-refractivity contribution in [2.75, 3.05) is 51.4 Å². The van der Waals surface area contributed by atoms with Crippen LogP contribution in [0.2, 0.25) is 0 Å². The van der Waals surface area contributed by atoms with Crippen molar-refractivity contribution >= 4 is 23.6 Å². The summed E-state index contributed by atoms with van der Waals surface area (Å²) < 4.78 is 71.9. The van der Waals surface area contributed by atoms with E-state index in [2.05, 4.69) is 37.8 Å². The van der Waals surface area contributed by atoms with Gasteiger partial charge in [0.15, 0.2) is 0 Å². The Bertz CT molecular complexity index is 1340. The molecule has 1 aliphatic heterocycles. The monoisotopic (exact) mass is 801 g/mol. The summed E-state index contributed by atoms with van der Waals surface area (Å²) in [4.78, 5) is 17.3. The Hall–Kier alpha value is -1.92. The van der Waals surface area contributed by atoms with Gasteiger partial charge in [-0.3, -0.25) is 4.90 Å². The predicted octanol–water partition coefficient (Wildman–Crippen LogP) is 11.9. The highest BCUT2D eigenvalue weighted by molar-refractivity contribution is 7.99. The fraction of sp³-hybridized carbons (Fsp3) is 0.814. The number of unbranched alkanes of at least 4 members (excludes halogenated alkanes) is 6. The molecule has 4 atom stereocenters. The van der Waals surface area contributed by atoms with Crippen molar-refractivity contribution in [2.45, 2.75) is 154 Å². The van der Waals surface area contributed by atoms with Gasteiger partial charge in [0.2, 0.25) is 0 Å². The van der Waals surface area contributed by atoms with Crippen molar-refractivity contribution in [3.8, 4) is 5.75 Å². The van der Waals surface area contributed by atoms with Gasteiger partial charge < -0.3 is 19.8 Å². The van der Waals surface area contributed by atoms with Crippen LogP contribution in [0.3, 0.4) is 0 Å². The van der Waals surface area contributed by atoms with Gasteiger partial charge in [-0.15, -0.1) is 0 Å². The van der Waals surface area contributed by atoms with Crippen LogP contribution < -0.4 is 4.74 Å². The summed E-state index contributed by atoms with van der Waals surface area (Å²) in [7, 11) is 1.75. The number of amides is 1. The summed E-state index contributed by atoms with van der Waals surface area (Å²) >= 11 is 1.47. The van der Waals surface area contributed by atoms with E-state index in [4.69, 9.17) is 14.9 Å². The second kappa shape index (κ2) is 21.7. The van der Waals surface area contributed by atoms with E-state index in [1.54, 1.807) is 7.11 Å². The number of hydrogen-bond acceptors (Lipinski definition) is 6. The summed E-state index contributed by atoms with van der Waals surface area (Å²) in [5.41, 5.74) is 3.97. The summed E-state index contributed by atoms with van der Waals surface area (Å²) in [6.45, 7) is 10.9. The fourth-order valence-electron chi connectivity index (χ4n) is 9.62. The number of likely N-dealkylation sites (tertiary alicyclic amines) is 1. The molecule has 0 radical (unpaired) electrons. The first-order valence-corrected chi connectivity index (χ1v) is 22.3. The van der Waals surface area contributed by atoms with E-state index in [9.17, 15) is 26.7 Å². The molecule has 5 rings (SSSR count). The molecule has 0 aromatic heterocycles. The Labute approximate surface area is 331 Å². The number of ether oxygens (including phenoxy) is 2. The Morgan fingerprint density at radius 2 is 1.64 bits per heavy atom. The lowest BCUT2D eigenvalue weighted by Gasteiger charge is -2.49. The average Bonchev–Trinajstić information content (AvgIpc) is 3.47. The number of rotatable bonds is 18. The van der Waals surface area contributed by atoms with Gasteiger partial charge in [0, 0.05) is 50.3 Å². The van der Waals surface area contributed by atoms with Crippen molar-refractivity contribution in [2.24, 2.45) is 17.3 Å². The number of piperidine rings is 1. The molecule has 1 heterocycles. The molecule has 2 saturated carbocycles. The Morgan fingerprint density at radius 3 is 2.31 bits per heavy atom. The normalized spacial score (nSPS) is 24.2. The number of carbonyl (C=O) groups excluding carboxylic acids is 1. The van der Waals surface area contributed by atoms with E-state index in [0.717, 1.165) is 89.2 Å². The maximum Gasteiger partial charge on any atom is 0.453 e. The number of nitrogens with one attached hydrogen (secondary N) is 1. The number of halogens is 5. The fourth-order valence-corrected chi connectivity index (χ4v) is 10.6. The van der Waals surface area contributed by atoms with E-state index < -0.39 is 18.5 Å². The number of methoxy groups -OCH3 is 1. The minimum absolute atomic E-state index is 0.0896. The van der Waals surface area contributed by atoms with Gasteiger partial charge in [0.05, 0.1) is 6.61 Å². The molecule has 4 aliphatic rings. The molecular formula is C43H68F5N3O3S. The number of hydrogen-bond donors (Lipinski definition) is 1. The largest absolute Gasteiger partial charge is 0.453 e. The lowest BCUT2D eigenvalue weighted by molar-refractivity contribution is -0.284. The lowest BCUT2D eigenvalue weighted by Crippen LogP contribution is -2.48. The number of fused-ring (bicyclic) bond motifs is 5. The van der Waals surface area contributed by atoms with Gasteiger partial charge in [0.1, 0.15) is 5.75 Å². The van der Waals surface area contributed by atoms with Crippen LogP contribution in [0, 0.1) is 22.7 Å². The van der Waals surface area contributed by atoms with Crippen molar-refractivity contribution in [1.82, 2.24) is 9.80 Å². The van der Waals surface area contributed by atoms with Crippen molar-refractivity contribution in [3.63, 3.8) is 0 Å². The topological polar surface area (TPSA) is 65.9 Å². The third-order valence-electron chi connectivity index (χ3n) is 13.0. The zero-order valence-corrected chi connectivity index (χ0v) is 34.7. The quantitative estimate of drug-likeness (QED) is 0.118. The van der Waals surface area contributed by atoms with Gasteiger partial charge in [0.25, 0.3) is 0 Å². The van der Waals surface area contributed by atoms with Crippen LogP contribution in [-0.4, -0.2) is 91.1 Å². The molecule has 6 nitrogen and oxygen atoms in total. The second-order valence-electron chi connectivity index (χ2n) is 16.5. The first-order valence-electron chi connectivity index (χ1n) is 21.2. The minimum atomic E-state index is -5.41. The zero-order chi connectivity index (χ0) is 40.1. The molecule has 12 heteroatoms. The molecule has 3 aliphatic carbocycles. The predicted molar refractivity (Wildman–Crippen MR) is 214 cm³/mol. The van der Waals surface area contributed by atoms with Gasteiger partial charge in [-0.25, -0.2) is 4.79 Å². The molecule has 3 fully saturated rings. The standard InChI is InChI=1S/C29H43N3O3.C14H25F5S/c1-4-31(17-18-34-3)21-12-15-32(16-13-21)28(33)35-22-6-8-23-20(19-22)5-7-25-24(23)11-14-29(2)26(25)9-10-27(29)30;1-2-3-4-5-6-7-8-11-20-12-9-10-13(15,16)14(17,18)19/h6,8,19,21,24-26,30H,4-5,7,9-18H2,1-3H3;2-12H2,1H3/t24?,25-,26?,29?;/m1./s1. The molecule has 1 aromatic rings. The maximum absolute atomic E-state index is 12.9. The number of benzene rings is 1. The number of thioether (sulfide) groups is 1. The van der Waals surface area contributed by atoms with Crippen LogP contribution in [0.15, 0.2) is 18.2 Å². The number of alkyl halides is 5. The number of carbonyl (C=O) groups is 1. The summed E-state index contributed by atoms with van der Waals surface area (Å²) in [5, 5.41) is 8.51. The highest BCUT2D eigenvalue weighted by Crippen LogP contribution is 2.59. The van der Waals surface area contributed by atoms with Gasteiger partial charge in [-0.2, -0.15) is 33.7 Å². The van der Waals surface area contributed by atoms with Gasteiger partial charge >= 0.3 is 18.2 Å². The summed E-state index contributed by atoms with van der Waals surface area (Å²) in [5.74, 6) is -0.649. The molecule has 314 valence electrons. The SMILES string of the molecule is CCCCCCCCCSCCCC(F)(F)C(F)(F)F.CCN(CCOC)C1CCN(C(=O)Oc2ccc3c(c2)CC[C@@H]2C3CCC3(C)C(=N)CCC23)CC1. The smallest absolute Gasteiger partial charge is 0.410 e. The molecule has 0 spiro atoms. The third kappa shape index (κ3) is 12.5. The van der Waals surface area contributed by atoms with Crippen molar-refractivity contribution < 1.29 is 36.2 Å². The maximum atomic E-state index is 12.9. The highest BCUT2D eigenvalue weighted by Gasteiger charge is 2.56. The van der Waals surface area contributed by atoms with Gasteiger partial charge in [-0.05, 0) is 123 Å². The van der Waals surface area contributed by atoms with Crippen LogP contribution in [0.1, 0.15) is 141 Å². The van der Waals surface area contributed by atoms with E-state index in [1.165, 1.54) is 74.3 Å². The number of likely N-dealkylation sites (N-methyl/N-ethyl adjacent to an activating group) is 1. The lowest BCUT2D eigenvalue weighted by atomic mass is 9.55. The molecule has 1 N–H and O–H groups in total. The molecule has 1 amide bonds. The van der Waals surface area contributed by atoms with Crippen LogP contribution in [-0.2, 0) is 11.2 Å². The zero-order valence-electron chi connectivity index (χ0n) is 33.9. The van der Waals surface area contributed by atoms with Crippen molar-refractivity contribution in [3.05, 3.63) is 29.3 Å². The molecule has 1 aromatic carbocycles. The van der Waals surface area contributed by atoms with Crippen LogP contribution in [0.25, 0.3) is 0 Å². The Kier molecular flexibility index (Phi) is 18.1. The number of nitrogens with zero attached hydrogens (tertiary/aromatic N) is 2. The van der Waals surface area contributed by atoms with Crippen LogP contribution in [0.5, 0.6) is 5.75 Å². The van der Waals surface area contributed by atoms with Crippen molar-refractivity contribution in [1.29, 1.82) is 5.41 Å². The molecular weight excluding hydrogens is 734 g/mol. The van der Waals surface area contributed by atoms with E-state index in [1.807, 2.05) is 11.0 Å². The Balaban J connectivity index is 0.000000289. The van der Waals surface area contributed by atoms with Crippen LogP contribution in [0.4, 0.5) is 26.7 Å². The third-order valence-corrected chi connectivity index (χ3v) is 14.2. The molecule has 3 unspecified atom stereocenters. The average molecular weight is 802 g/mol. The van der Waals surface area contributed by atoms with E-state index in [-0.39, 0.29) is 17.9 Å². The first-order chi connectivity index (χ1) is 26.3. The van der Waals surface area contributed by atoms with Crippen LogP contribution >= 0.6 is 11.8 Å². The molecule has 1 saturated heterocycles. The summed E-state index contributed by atoms with van der Waals surface area (Å²) in [6.07, 6.45) is 10.2. The second-order valence-corrected chi connectivity index (χ2v) is 17.7. The molecule has 55 heavy (non-hydrogen) atoms. The van der Waals surface area contributed by atoms with E-state index >= 15 is 0 Å². The molecule has 0 bridgehead atoms. The van der Waals surface area contributed by atoms with E-state index in [0.29, 0.717) is 35.3 Å². The minimum Gasteiger partial charge on any atom is -0.410 e. The highest BCUT2D eigenvalue weighted by atomic mass is 32.2. The first kappa shape index (κ1) is 45.8. The Morgan fingerprint density at radius 1 is 0.945 bits per heavy atom. The summed E-state index contributed by atoms with van der Waals surface area (Å²) in [6, 6.07) is 6.89. The van der Waals surface area contributed by atoms with Gasteiger partial charge in [-0.1, -0.05) is 65.4 Å². The number of aryl methyl sites for hydroxylation is 1.